The van der Waals surface area contributed by atoms with Crippen LogP contribution in [0, 0.1) is 11.3 Å². The second-order valence-corrected chi connectivity index (χ2v) is 8.45. The van der Waals surface area contributed by atoms with Gasteiger partial charge in [0, 0.05) is 21.2 Å². The van der Waals surface area contributed by atoms with Crippen molar-refractivity contribution in [2.45, 2.75) is 25.7 Å². The first-order chi connectivity index (χ1) is 12.9. The maximum atomic E-state index is 12.1. The van der Waals surface area contributed by atoms with Crippen molar-refractivity contribution in [2.24, 2.45) is 0 Å². The molecule has 0 fully saturated rings. The van der Waals surface area contributed by atoms with Gasteiger partial charge in [-0.25, -0.2) is 0 Å². The predicted molar refractivity (Wildman–Crippen MR) is 113 cm³/mol. The van der Waals surface area contributed by atoms with Crippen molar-refractivity contribution >= 4 is 39.4 Å². The van der Waals surface area contributed by atoms with Crippen LogP contribution in [0.25, 0.3) is 22.4 Å². The Labute approximate surface area is 161 Å². The summed E-state index contributed by atoms with van der Waals surface area (Å²) in [6.07, 6.45) is 7.27. The third kappa shape index (κ3) is 2.88. The van der Waals surface area contributed by atoms with Gasteiger partial charge in [-0.2, -0.15) is 5.26 Å². The Bertz CT molecular complexity index is 1200. The average Bonchev–Trinajstić information content (AvgIpc) is 3.00. The Hall–Kier alpha value is -3.10. The highest BCUT2D eigenvalue weighted by Gasteiger charge is 2.32. The molecule has 1 aliphatic rings. The fourth-order valence-corrected chi connectivity index (χ4v) is 4.95. The van der Waals surface area contributed by atoms with Gasteiger partial charge < -0.3 is 10.7 Å². The first kappa shape index (κ1) is 17.3. The largest absolute Gasteiger partial charge is 0.397 e. The Morgan fingerprint density at radius 1 is 1.26 bits per heavy atom. The molecule has 2 heterocycles. The van der Waals surface area contributed by atoms with E-state index in [0.717, 1.165) is 27.8 Å². The number of aromatic nitrogens is 1. The summed E-state index contributed by atoms with van der Waals surface area (Å²) >= 11 is 1.56. The number of H-pyrrole nitrogens is 1. The highest BCUT2D eigenvalue weighted by atomic mass is 32.1. The van der Waals surface area contributed by atoms with Gasteiger partial charge in [-0.05, 0) is 23.6 Å². The van der Waals surface area contributed by atoms with E-state index >= 15 is 0 Å². The maximum absolute atomic E-state index is 12.1. The monoisotopic (exact) mass is 373 g/mol. The lowest BCUT2D eigenvalue weighted by Gasteiger charge is -2.29. The number of pyridine rings is 1. The number of rotatable bonds is 2. The van der Waals surface area contributed by atoms with E-state index in [2.05, 4.69) is 49.2 Å². The molecule has 2 aromatic heterocycles. The van der Waals surface area contributed by atoms with Crippen molar-refractivity contribution in [3.8, 4) is 6.07 Å². The zero-order valence-corrected chi connectivity index (χ0v) is 16.0. The number of fused-ring (bicyclic) bond motifs is 3. The van der Waals surface area contributed by atoms with Crippen LogP contribution in [0.1, 0.15) is 41.8 Å². The number of nitrogens with one attached hydrogen (secondary N) is 1. The summed E-state index contributed by atoms with van der Waals surface area (Å²) in [6.45, 7) is 4.40. The summed E-state index contributed by atoms with van der Waals surface area (Å²) < 4.78 is 0. The molecule has 5 heteroatoms. The van der Waals surface area contributed by atoms with Gasteiger partial charge in [0.2, 0.25) is 0 Å². The molecule has 1 aromatic carbocycles. The van der Waals surface area contributed by atoms with Crippen LogP contribution in [0.2, 0.25) is 0 Å². The minimum Gasteiger partial charge on any atom is -0.397 e. The molecule has 0 amide bonds. The number of allylic oxidation sites excluding steroid dienone is 2. The number of nitrogen functional groups attached to an aromatic ring is 1. The van der Waals surface area contributed by atoms with Gasteiger partial charge in [-0.15, -0.1) is 11.3 Å². The third-order valence-corrected chi connectivity index (χ3v) is 6.42. The minimum absolute atomic E-state index is 0.0127. The molecule has 0 unspecified atom stereocenters. The number of nitrogens with zero attached hydrogens (tertiary/aromatic N) is 1. The van der Waals surface area contributed by atoms with Crippen LogP contribution >= 0.6 is 11.3 Å². The zero-order valence-electron chi connectivity index (χ0n) is 15.2. The number of hydrogen-bond acceptors (Lipinski definition) is 4. The van der Waals surface area contributed by atoms with E-state index in [9.17, 15) is 10.1 Å². The van der Waals surface area contributed by atoms with Crippen molar-refractivity contribution in [1.29, 1.82) is 5.26 Å². The van der Waals surface area contributed by atoms with E-state index in [1.165, 1.54) is 10.5 Å². The Morgan fingerprint density at radius 3 is 2.70 bits per heavy atom. The fourth-order valence-electron chi connectivity index (χ4n) is 3.67. The summed E-state index contributed by atoms with van der Waals surface area (Å²) in [7, 11) is 0. The molecule has 0 saturated heterocycles. The van der Waals surface area contributed by atoms with Crippen LogP contribution in [-0.4, -0.2) is 4.98 Å². The summed E-state index contributed by atoms with van der Waals surface area (Å²) in [5.41, 5.74) is 9.33. The quantitative estimate of drug-likeness (QED) is 0.675. The average molecular weight is 373 g/mol. The van der Waals surface area contributed by atoms with Gasteiger partial charge >= 0.3 is 0 Å². The highest BCUT2D eigenvalue weighted by Crippen LogP contribution is 2.47. The van der Waals surface area contributed by atoms with E-state index in [1.807, 2.05) is 24.3 Å². The van der Waals surface area contributed by atoms with E-state index in [1.54, 1.807) is 11.3 Å². The highest BCUT2D eigenvalue weighted by molar-refractivity contribution is 7.19. The molecule has 4 nitrogen and oxygen atoms in total. The molecule has 1 aliphatic carbocycles. The van der Waals surface area contributed by atoms with E-state index in [0.29, 0.717) is 0 Å². The minimum atomic E-state index is -0.424. The van der Waals surface area contributed by atoms with Gasteiger partial charge in [-0.1, -0.05) is 56.3 Å². The van der Waals surface area contributed by atoms with Crippen LogP contribution in [0.15, 0.2) is 46.8 Å². The Kier molecular flexibility index (Phi) is 4.01. The van der Waals surface area contributed by atoms with Gasteiger partial charge in [0.25, 0.3) is 5.56 Å². The van der Waals surface area contributed by atoms with Gasteiger partial charge in [0.05, 0.1) is 5.69 Å². The lowest BCUT2D eigenvalue weighted by Crippen LogP contribution is -2.20. The molecule has 0 saturated carbocycles. The van der Waals surface area contributed by atoms with Gasteiger partial charge in [0.1, 0.15) is 16.5 Å². The smallest absolute Gasteiger partial charge is 0.269 e. The van der Waals surface area contributed by atoms with Crippen molar-refractivity contribution in [1.82, 2.24) is 4.98 Å². The molecule has 134 valence electrons. The van der Waals surface area contributed by atoms with E-state index < -0.39 is 5.56 Å². The molecular weight excluding hydrogens is 354 g/mol. The second kappa shape index (κ2) is 6.26. The number of nitriles is 1. The summed E-state index contributed by atoms with van der Waals surface area (Å²) in [5.74, 6) is 0. The SMILES string of the molecule is CC1(C)CC(/C=C/c2ccccc2)=Cc2c1sc1[nH]c(=O)c(C#N)c(N)c21. The molecule has 0 atom stereocenters. The van der Waals surface area contributed by atoms with Crippen LogP contribution in [0.5, 0.6) is 0 Å². The van der Waals surface area contributed by atoms with Crippen LogP contribution in [0.3, 0.4) is 0 Å². The third-order valence-electron chi connectivity index (χ3n) is 4.93. The first-order valence-corrected chi connectivity index (χ1v) is 9.55. The summed E-state index contributed by atoms with van der Waals surface area (Å²) in [6, 6.07) is 12.1. The van der Waals surface area contributed by atoms with Crippen molar-refractivity contribution in [3.05, 3.63) is 73.9 Å². The molecular formula is C22H19N3OS. The van der Waals surface area contributed by atoms with Crippen LogP contribution in [0.4, 0.5) is 5.69 Å². The number of nitrogens with two attached hydrogens (primary N) is 1. The van der Waals surface area contributed by atoms with Crippen molar-refractivity contribution < 1.29 is 0 Å². The van der Waals surface area contributed by atoms with Crippen LogP contribution < -0.4 is 11.3 Å². The molecule has 27 heavy (non-hydrogen) atoms. The standard InChI is InChI=1S/C22H19N3OS/c1-22(2)11-14(9-8-13-6-4-3-5-7-13)10-15-17-18(24)16(12-23)20(26)25-21(17)27-19(15)22/h3-10H,11H2,1-2H3,(H3,24,25,26)/b9-8+. The topological polar surface area (TPSA) is 82.7 Å². The number of thiophene rings is 1. The normalized spacial score (nSPS) is 15.5. The number of benzene rings is 1. The number of aromatic amines is 1. The summed E-state index contributed by atoms with van der Waals surface area (Å²) in [4.78, 5) is 16.9. The van der Waals surface area contributed by atoms with Crippen molar-refractivity contribution in [3.63, 3.8) is 0 Å². The zero-order chi connectivity index (χ0) is 19.2. The number of hydrogen-bond donors (Lipinski definition) is 2. The van der Waals surface area contributed by atoms with Crippen LogP contribution in [-0.2, 0) is 5.41 Å². The van der Waals surface area contributed by atoms with E-state index in [-0.39, 0.29) is 16.7 Å². The lowest BCUT2D eigenvalue weighted by molar-refractivity contribution is 0.531. The molecule has 0 spiro atoms. The molecule has 0 aliphatic heterocycles. The van der Waals surface area contributed by atoms with E-state index in [4.69, 9.17) is 5.73 Å². The fraction of sp³-hybridized carbons (Fsp3) is 0.182. The summed E-state index contributed by atoms with van der Waals surface area (Å²) in [5, 5.41) is 10.1. The second-order valence-electron chi connectivity index (χ2n) is 7.43. The number of anilines is 1. The molecule has 3 N–H and O–H groups in total. The molecule has 3 aromatic rings. The first-order valence-electron chi connectivity index (χ1n) is 8.73. The molecule has 0 bridgehead atoms. The van der Waals surface area contributed by atoms with Gasteiger partial charge in [-0.3, -0.25) is 4.79 Å². The Balaban J connectivity index is 1.91. The molecule has 0 radical (unpaired) electrons. The maximum Gasteiger partial charge on any atom is 0.269 e. The lowest BCUT2D eigenvalue weighted by atomic mass is 9.77. The predicted octanol–water partition coefficient (Wildman–Crippen LogP) is 4.82. The molecule has 4 rings (SSSR count). The van der Waals surface area contributed by atoms with Gasteiger partial charge in [0.15, 0.2) is 0 Å². The van der Waals surface area contributed by atoms with Crippen molar-refractivity contribution in [2.75, 3.05) is 5.73 Å². The Morgan fingerprint density at radius 2 is 2.00 bits per heavy atom.